The van der Waals surface area contributed by atoms with Gasteiger partial charge in [0.2, 0.25) is 0 Å². The fraction of sp³-hybridized carbons (Fsp3) is 0.414. The number of unbranched alkanes of at least 4 members (excludes halogenated alkanes) is 2. The number of hydrogen-bond acceptors (Lipinski definition) is 4. The molecule has 0 radical (unpaired) electrons. The standard InChI is InChI=1S/C29H32ClNO3/c1-2-3-6-17-32-23-11-12-27(30)21(18-23)20-33-29(14-15-29)26-19-31-16-13-24(26)25-7-4-5-8-28(25)34-22-9-10-22/h4-5,7-8,11-13,16,18-19,22H,2-3,6,9-10,14-15,17,20H2,1H3. The molecular formula is C29H32ClNO3. The number of pyridine rings is 1. The van der Waals surface area contributed by atoms with Crippen molar-refractivity contribution in [2.24, 2.45) is 0 Å². The average Bonchev–Trinajstić information content (AvgIpc) is 3.80. The molecule has 2 aliphatic carbocycles. The monoisotopic (exact) mass is 477 g/mol. The molecule has 2 saturated carbocycles. The van der Waals surface area contributed by atoms with Crippen LogP contribution >= 0.6 is 11.6 Å². The zero-order valence-corrected chi connectivity index (χ0v) is 20.5. The summed E-state index contributed by atoms with van der Waals surface area (Å²) in [6.07, 6.45) is 11.7. The van der Waals surface area contributed by atoms with E-state index >= 15 is 0 Å². The lowest BCUT2D eigenvalue weighted by Gasteiger charge is -2.22. The van der Waals surface area contributed by atoms with Crippen molar-refractivity contribution < 1.29 is 14.2 Å². The molecule has 178 valence electrons. The molecule has 0 saturated heterocycles. The lowest BCUT2D eigenvalue weighted by Crippen LogP contribution is -2.14. The third kappa shape index (κ3) is 5.39. The van der Waals surface area contributed by atoms with E-state index in [2.05, 4.69) is 36.2 Å². The molecule has 5 rings (SSSR count). The third-order valence-electron chi connectivity index (χ3n) is 6.55. The van der Waals surface area contributed by atoms with Gasteiger partial charge < -0.3 is 14.2 Å². The number of para-hydroxylation sites is 1. The Balaban J connectivity index is 1.34. The predicted molar refractivity (Wildman–Crippen MR) is 135 cm³/mol. The molecule has 0 N–H and O–H groups in total. The first-order chi connectivity index (χ1) is 16.7. The van der Waals surface area contributed by atoms with Crippen molar-refractivity contribution in [1.82, 2.24) is 4.98 Å². The highest BCUT2D eigenvalue weighted by atomic mass is 35.5. The van der Waals surface area contributed by atoms with Gasteiger partial charge in [-0.1, -0.05) is 49.6 Å². The van der Waals surface area contributed by atoms with Crippen LogP contribution in [0.5, 0.6) is 11.5 Å². The molecule has 0 spiro atoms. The lowest BCUT2D eigenvalue weighted by atomic mass is 9.96. The summed E-state index contributed by atoms with van der Waals surface area (Å²) in [6, 6.07) is 16.2. The van der Waals surface area contributed by atoms with E-state index < -0.39 is 0 Å². The Hall–Kier alpha value is -2.56. The molecule has 2 fully saturated rings. The van der Waals surface area contributed by atoms with Crippen molar-refractivity contribution in [2.75, 3.05) is 6.61 Å². The Bertz CT molecular complexity index is 1120. The van der Waals surface area contributed by atoms with Crippen LogP contribution in [0.4, 0.5) is 0 Å². The first kappa shape index (κ1) is 23.2. The molecule has 5 heteroatoms. The van der Waals surface area contributed by atoms with Crippen LogP contribution < -0.4 is 9.47 Å². The Kier molecular flexibility index (Phi) is 7.07. The van der Waals surface area contributed by atoms with E-state index in [9.17, 15) is 0 Å². The zero-order chi connectivity index (χ0) is 23.4. The highest BCUT2D eigenvalue weighted by Crippen LogP contribution is 2.53. The SMILES string of the molecule is CCCCCOc1ccc(Cl)c(COC2(c3cnccc3-c3ccccc3OC3CC3)CC2)c1. The quantitative estimate of drug-likeness (QED) is 0.250. The van der Waals surface area contributed by atoms with Crippen LogP contribution in [0.25, 0.3) is 11.1 Å². The van der Waals surface area contributed by atoms with Gasteiger partial charge in [-0.3, -0.25) is 4.98 Å². The van der Waals surface area contributed by atoms with Crippen LogP contribution in [-0.2, 0) is 16.9 Å². The highest BCUT2D eigenvalue weighted by Gasteiger charge is 2.47. The van der Waals surface area contributed by atoms with Crippen molar-refractivity contribution in [3.05, 3.63) is 77.1 Å². The third-order valence-corrected chi connectivity index (χ3v) is 6.92. The van der Waals surface area contributed by atoms with Crippen molar-refractivity contribution in [1.29, 1.82) is 0 Å². The van der Waals surface area contributed by atoms with Crippen LogP contribution in [0.15, 0.2) is 60.9 Å². The van der Waals surface area contributed by atoms with Gasteiger partial charge in [-0.05, 0) is 68.0 Å². The van der Waals surface area contributed by atoms with Crippen molar-refractivity contribution in [2.45, 2.75) is 70.2 Å². The zero-order valence-electron chi connectivity index (χ0n) is 19.8. The van der Waals surface area contributed by atoms with E-state index in [-0.39, 0.29) is 5.60 Å². The van der Waals surface area contributed by atoms with Gasteiger partial charge in [-0.15, -0.1) is 0 Å². The van der Waals surface area contributed by atoms with Gasteiger partial charge in [0, 0.05) is 34.1 Å². The summed E-state index contributed by atoms with van der Waals surface area (Å²) >= 11 is 6.51. The van der Waals surface area contributed by atoms with E-state index in [1.54, 1.807) is 0 Å². The maximum atomic E-state index is 6.57. The molecule has 34 heavy (non-hydrogen) atoms. The molecule has 4 nitrogen and oxygen atoms in total. The van der Waals surface area contributed by atoms with E-state index in [0.29, 0.717) is 17.7 Å². The summed E-state index contributed by atoms with van der Waals surface area (Å²) in [7, 11) is 0. The highest BCUT2D eigenvalue weighted by molar-refractivity contribution is 6.31. The summed E-state index contributed by atoms with van der Waals surface area (Å²) in [6.45, 7) is 3.35. The minimum atomic E-state index is -0.350. The largest absolute Gasteiger partial charge is 0.494 e. The van der Waals surface area contributed by atoms with Gasteiger partial charge in [-0.2, -0.15) is 0 Å². The molecule has 0 unspecified atom stereocenters. The normalized spacial score (nSPS) is 16.3. The number of benzene rings is 2. The van der Waals surface area contributed by atoms with Gasteiger partial charge in [-0.25, -0.2) is 0 Å². The molecule has 3 aromatic rings. The molecular weight excluding hydrogens is 446 g/mol. The molecule has 1 aromatic heterocycles. The van der Waals surface area contributed by atoms with Crippen molar-refractivity contribution in [3.63, 3.8) is 0 Å². The number of nitrogens with zero attached hydrogens (tertiary/aromatic N) is 1. The van der Waals surface area contributed by atoms with Gasteiger partial charge in [0.1, 0.15) is 11.5 Å². The van der Waals surface area contributed by atoms with E-state index in [1.165, 1.54) is 12.8 Å². The molecule has 1 heterocycles. The predicted octanol–water partition coefficient (Wildman–Crippen LogP) is 7.72. The Morgan fingerprint density at radius 2 is 1.88 bits per heavy atom. The van der Waals surface area contributed by atoms with Crippen LogP contribution in [0, 0.1) is 0 Å². The Morgan fingerprint density at radius 3 is 2.68 bits per heavy atom. The number of rotatable bonds is 12. The summed E-state index contributed by atoms with van der Waals surface area (Å²) < 4.78 is 18.7. The minimum absolute atomic E-state index is 0.344. The van der Waals surface area contributed by atoms with Gasteiger partial charge in [0.15, 0.2) is 0 Å². The molecule has 0 aliphatic heterocycles. The molecule has 0 amide bonds. The maximum Gasteiger partial charge on any atom is 0.127 e. The smallest absolute Gasteiger partial charge is 0.127 e. The van der Waals surface area contributed by atoms with E-state index in [4.69, 9.17) is 25.8 Å². The topological polar surface area (TPSA) is 40.6 Å². The average molecular weight is 478 g/mol. The molecule has 0 bridgehead atoms. The molecule has 2 aromatic carbocycles. The Labute approximate surface area is 207 Å². The van der Waals surface area contributed by atoms with E-state index in [1.807, 2.05) is 36.7 Å². The minimum Gasteiger partial charge on any atom is -0.494 e. The fourth-order valence-corrected chi connectivity index (χ4v) is 4.44. The second-order valence-electron chi connectivity index (χ2n) is 9.33. The Morgan fingerprint density at radius 1 is 1.03 bits per heavy atom. The van der Waals surface area contributed by atoms with Gasteiger partial charge in [0.25, 0.3) is 0 Å². The summed E-state index contributed by atoms with van der Waals surface area (Å²) in [5.74, 6) is 1.78. The van der Waals surface area contributed by atoms with Crippen LogP contribution in [-0.4, -0.2) is 17.7 Å². The van der Waals surface area contributed by atoms with Crippen LogP contribution in [0.1, 0.15) is 63.0 Å². The molecule has 0 atom stereocenters. The number of halogens is 1. The number of aromatic nitrogens is 1. The van der Waals surface area contributed by atoms with Crippen molar-refractivity contribution in [3.8, 4) is 22.6 Å². The molecule has 2 aliphatic rings. The fourth-order valence-electron chi connectivity index (χ4n) is 4.26. The second kappa shape index (κ2) is 10.4. The van der Waals surface area contributed by atoms with Gasteiger partial charge in [0.05, 0.1) is 24.9 Å². The summed E-state index contributed by atoms with van der Waals surface area (Å²) in [5, 5.41) is 0.700. The number of ether oxygens (including phenoxy) is 3. The number of hydrogen-bond donors (Lipinski definition) is 0. The lowest BCUT2D eigenvalue weighted by molar-refractivity contribution is 0.0173. The maximum absolute atomic E-state index is 6.57. The van der Waals surface area contributed by atoms with Crippen molar-refractivity contribution >= 4 is 11.6 Å². The second-order valence-corrected chi connectivity index (χ2v) is 9.73. The summed E-state index contributed by atoms with van der Waals surface area (Å²) in [5.41, 5.74) is 3.94. The van der Waals surface area contributed by atoms with Gasteiger partial charge >= 0.3 is 0 Å². The first-order valence-corrected chi connectivity index (χ1v) is 12.8. The van der Waals surface area contributed by atoms with Crippen LogP contribution in [0.3, 0.4) is 0 Å². The summed E-state index contributed by atoms with van der Waals surface area (Å²) in [4.78, 5) is 4.45. The van der Waals surface area contributed by atoms with Crippen LogP contribution in [0.2, 0.25) is 5.02 Å². The first-order valence-electron chi connectivity index (χ1n) is 12.4. The van der Waals surface area contributed by atoms with E-state index in [0.717, 1.165) is 72.5 Å².